The molecule has 0 aliphatic rings. The van der Waals surface area contributed by atoms with Crippen molar-refractivity contribution in [3.05, 3.63) is 29.6 Å². The second-order valence-electron chi connectivity index (χ2n) is 4.87. The van der Waals surface area contributed by atoms with E-state index >= 15 is 0 Å². The van der Waals surface area contributed by atoms with Crippen LogP contribution in [0.3, 0.4) is 0 Å². The Balaban J connectivity index is 2.53. The van der Waals surface area contributed by atoms with Gasteiger partial charge in [0.05, 0.1) is 13.2 Å². The van der Waals surface area contributed by atoms with E-state index in [1.165, 1.54) is 6.07 Å². The van der Waals surface area contributed by atoms with E-state index in [1.54, 1.807) is 19.1 Å². The van der Waals surface area contributed by atoms with Gasteiger partial charge < -0.3 is 10.4 Å². The molecule has 0 atom stereocenters. The standard InChI is InChI=1S/C15H23FN2O2/c1-3-4-7-18(8-9-19)11-15(20)17-13-6-5-12(2)14(16)10-13/h5-6,10,19H,3-4,7-9,11H2,1-2H3,(H,17,20). The second-order valence-corrected chi connectivity index (χ2v) is 4.87. The van der Waals surface area contributed by atoms with E-state index in [2.05, 4.69) is 12.2 Å². The Hall–Kier alpha value is -1.46. The quantitative estimate of drug-likeness (QED) is 0.768. The van der Waals surface area contributed by atoms with Gasteiger partial charge in [0, 0.05) is 12.2 Å². The van der Waals surface area contributed by atoms with Gasteiger partial charge in [0.25, 0.3) is 0 Å². The maximum Gasteiger partial charge on any atom is 0.238 e. The van der Waals surface area contributed by atoms with Crippen LogP contribution in [0.1, 0.15) is 25.3 Å². The minimum Gasteiger partial charge on any atom is -0.395 e. The van der Waals surface area contributed by atoms with Crippen molar-refractivity contribution in [1.82, 2.24) is 4.90 Å². The molecule has 1 amide bonds. The average Bonchev–Trinajstić information content (AvgIpc) is 2.40. The molecule has 0 aliphatic heterocycles. The van der Waals surface area contributed by atoms with Crippen LogP contribution < -0.4 is 5.32 Å². The highest BCUT2D eigenvalue weighted by Gasteiger charge is 2.10. The molecule has 5 heteroatoms. The van der Waals surface area contributed by atoms with E-state index in [4.69, 9.17) is 5.11 Å². The topological polar surface area (TPSA) is 52.6 Å². The van der Waals surface area contributed by atoms with Gasteiger partial charge in [-0.1, -0.05) is 19.4 Å². The number of carbonyl (C=O) groups is 1. The predicted molar refractivity (Wildman–Crippen MR) is 78.2 cm³/mol. The number of aliphatic hydroxyl groups is 1. The number of halogens is 1. The van der Waals surface area contributed by atoms with Gasteiger partial charge in [-0.15, -0.1) is 0 Å². The Morgan fingerprint density at radius 1 is 1.40 bits per heavy atom. The third-order valence-electron chi connectivity index (χ3n) is 3.07. The molecule has 0 aliphatic carbocycles. The molecule has 0 fully saturated rings. The van der Waals surface area contributed by atoms with Crippen LogP contribution in [-0.2, 0) is 4.79 Å². The maximum atomic E-state index is 13.4. The Kier molecular flexibility index (Phi) is 7.18. The van der Waals surface area contributed by atoms with E-state index in [1.807, 2.05) is 4.90 Å². The summed E-state index contributed by atoms with van der Waals surface area (Å²) in [6, 6.07) is 4.63. The summed E-state index contributed by atoms with van der Waals surface area (Å²) < 4.78 is 13.4. The predicted octanol–water partition coefficient (Wildman–Crippen LogP) is 2.17. The Morgan fingerprint density at radius 3 is 2.75 bits per heavy atom. The number of nitrogens with zero attached hydrogens (tertiary/aromatic N) is 1. The number of carbonyl (C=O) groups excluding carboxylic acids is 1. The number of unbranched alkanes of at least 4 members (excludes halogenated alkanes) is 1. The van der Waals surface area contributed by atoms with Crippen LogP contribution in [0.2, 0.25) is 0 Å². The van der Waals surface area contributed by atoms with Crippen molar-refractivity contribution >= 4 is 11.6 Å². The van der Waals surface area contributed by atoms with E-state index < -0.39 is 0 Å². The van der Waals surface area contributed by atoms with E-state index in [-0.39, 0.29) is 24.9 Å². The molecule has 1 aromatic rings. The number of anilines is 1. The number of rotatable bonds is 8. The molecule has 2 N–H and O–H groups in total. The molecule has 0 bridgehead atoms. The van der Waals surface area contributed by atoms with Crippen LogP contribution in [0.4, 0.5) is 10.1 Å². The lowest BCUT2D eigenvalue weighted by Gasteiger charge is -2.20. The van der Waals surface area contributed by atoms with Gasteiger partial charge >= 0.3 is 0 Å². The summed E-state index contributed by atoms with van der Waals surface area (Å²) in [5.41, 5.74) is 1.00. The van der Waals surface area contributed by atoms with Crippen molar-refractivity contribution in [3.8, 4) is 0 Å². The third-order valence-corrected chi connectivity index (χ3v) is 3.07. The van der Waals surface area contributed by atoms with E-state index in [0.29, 0.717) is 17.8 Å². The van der Waals surface area contributed by atoms with Gasteiger partial charge in [-0.2, -0.15) is 0 Å². The summed E-state index contributed by atoms with van der Waals surface area (Å²) in [7, 11) is 0. The third kappa shape index (κ3) is 5.67. The molecule has 0 aromatic heterocycles. The fourth-order valence-electron chi connectivity index (χ4n) is 1.87. The molecular weight excluding hydrogens is 259 g/mol. The molecule has 0 radical (unpaired) electrons. The molecule has 1 rings (SSSR count). The highest BCUT2D eigenvalue weighted by atomic mass is 19.1. The van der Waals surface area contributed by atoms with Gasteiger partial charge in [0.15, 0.2) is 0 Å². The zero-order valence-corrected chi connectivity index (χ0v) is 12.2. The lowest BCUT2D eigenvalue weighted by molar-refractivity contribution is -0.117. The number of amides is 1. The lowest BCUT2D eigenvalue weighted by Crippen LogP contribution is -2.35. The van der Waals surface area contributed by atoms with Crippen molar-refractivity contribution in [2.45, 2.75) is 26.7 Å². The molecular formula is C15H23FN2O2. The number of hydrogen-bond acceptors (Lipinski definition) is 3. The Morgan fingerprint density at radius 2 is 2.15 bits per heavy atom. The number of nitrogens with one attached hydrogen (secondary N) is 1. The SMILES string of the molecule is CCCCN(CCO)CC(=O)Nc1ccc(C)c(F)c1. The molecule has 0 saturated carbocycles. The van der Waals surface area contributed by atoms with E-state index in [9.17, 15) is 9.18 Å². The van der Waals surface area contributed by atoms with Crippen LogP contribution in [0.25, 0.3) is 0 Å². The minimum atomic E-state index is -0.332. The molecule has 1 aromatic carbocycles. The zero-order valence-electron chi connectivity index (χ0n) is 12.2. The van der Waals surface area contributed by atoms with Crippen molar-refractivity contribution < 1.29 is 14.3 Å². The summed E-state index contributed by atoms with van der Waals surface area (Å²) in [6.45, 7) is 5.22. The summed E-state index contributed by atoms with van der Waals surface area (Å²) in [4.78, 5) is 13.8. The monoisotopic (exact) mass is 282 g/mol. The fourth-order valence-corrected chi connectivity index (χ4v) is 1.87. The first-order valence-electron chi connectivity index (χ1n) is 6.96. The van der Waals surface area contributed by atoms with Crippen molar-refractivity contribution in [2.75, 3.05) is 31.6 Å². The molecule has 4 nitrogen and oxygen atoms in total. The smallest absolute Gasteiger partial charge is 0.238 e. The number of hydrogen-bond donors (Lipinski definition) is 2. The highest BCUT2D eigenvalue weighted by molar-refractivity contribution is 5.92. The molecule has 0 saturated heterocycles. The first-order chi connectivity index (χ1) is 9.56. The average molecular weight is 282 g/mol. The van der Waals surface area contributed by atoms with Gasteiger partial charge in [0.2, 0.25) is 5.91 Å². The number of aliphatic hydroxyl groups excluding tert-OH is 1. The highest BCUT2D eigenvalue weighted by Crippen LogP contribution is 2.13. The van der Waals surface area contributed by atoms with Crippen molar-refractivity contribution in [2.24, 2.45) is 0 Å². The van der Waals surface area contributed by atoms with Crippen LogP contribution in [0.15, 0.2) is 18.2 Å². The van der Waals surface area contributed by atoms with Crippen LogP contribution in [0.5, 0.6) is 0 Å². The minimum absolute atomic E-state index is 0.0240. The summed E-state index contributed by atoms with van der Waals surface area (Å²) >= 11 is 0. The normalized spacial score (nSPS) is 10.8. The molecule has 0 heterocycles. The number of benzene rings is 1. The van der Waals surface area contributed by atoms with Gasteiger partial charge in [-0.05, 0) is 37.6 Å². The lowest BCUT2D eigenvalue weighted by atomic mass is 10.2. The summed E-state index contributed by atoms with van der Waals surface area (Å²) in [5.74, 6) is -0.529. The maximum absolute atomic E-state index is 13.4. The van der Waals surface area contributed by atoms with Gasteiger partial charge in [0.1, 0.15) is 5.82 Å². The fraction of sp³-hybridized carbons (Fsp3) is 0.533. The largest absolute Gasteiger partial charge is 0.395 e. The zero-order chi connectivity index (χ0) is 15.0. The second kappa shape index (κ2) is 8.66. The summed E-state index contributed by atoms with van der Waals surface area (Å²) in [5, 5.41) is 11.7. The van der Waals surface area contributed by atoms with Gasteiger partial charge in [-0.25, -0.2) is 4.39 Å². The van der Waals surface area contributed by atoms with E-state index in [0.717, 1.165) is 19.4 Å². The van der Waals surface area contributed by atoms with Gasteiger partial charge in [-0.3, -0.25) is 9.69 Å². The first kappa shape index (κ1) is 16.6. The molecule has 112 valence electrons. The Bertz CT molecular complexity index is 438. The molecule has 0 spiro atoms. The van der Waals surface area contributed by atoms with Crippen LogP contribution >= 0.6 is 0 Å². The van der Waals surface area contributed by atoms with Crippen LogP contribution in [-0.4, -0.2) is 42.2 Å². The van der Waals surface area contributed by atoms with Crippen molar-refractivity contribution in [3.63, 3.8) is 0 Å². The molecule has 20 heavy (non-hydrogen) atoms. The Labute approximate surface area is 119 Å². The molecule has 0 unspecified atom stereocenters. The van der Waals surface area contributed by atoms with Crippen molar-refractivity contribution in [1.29, 1.82) is 0 Å². The first-order valence-corrected chi connectivity index (χ1v) is 6.96. The number of aryl methyl sites for hydroxylation is 1. The summed E-state index contributed by atoms with van der Waals surface area (Å²) in [6.07, 6.45) is 2.01. The van der Waals surface area contributed by atoms with Crippen LogP contribution in [0, 0.1) is 12.7 Å².